The first-order valence-electron chi connectivity index (χ1n) is 4.68. The summed E-state index contributed by atoms with van der Waals surface area (Å²) in [7, 11) is 0. The van der Waals surface area contributed by atoms with Crippen molar-refractivity contribution < 1.29 is 14.1 Å². The maximum absolute atomic E-state index is 13.4. The molecule has 0 aliphatic heterocycles. The number of non-ortho nitro benzene ring substituents is 1. The number of nitro groups is 1. The van der Waals surface area contributed by atoms with Gasteiger partial charge in [-0.15, -0.1) is 0 Å². The van der Waals surface area contributed by atoms with Gasteiger partial charge < -0.3 is 0 Å². The SMILES string of the molecule is C[C](C)CC(=O)c1ccc([N+](=O)[O-])cc1F. The van der Waals surface area contributed by atoms with E-state index in [4.69, 9.17) is 0 Å². The van der Waals surface area contributed by atoms with E-state index in [0.717, 1.165) is 24.1 Å². The molecular weight excluding hydrogens is 213 g/mol. The van der Waals surface area contributed by atoms with Crippen molar-refractivity contribution in [2.45, 2.75) is 20.3 Å². The van der Waals surface area contributed by atoms with E-state index in [-0.39, 0.29) is 23.5 Å². The molecule has 0 N–H and O–H groups in total. The zero-order chi connectivity index (χ0) is 12.3. The van der Waals surface area contributed by atoms with Crippen LogP contribution in [-0.4, -0.2) is 10.7 Å². The zero-order valence-electron chi connectivity index (χ0n) is 8.99. The number of nitrogens with zero attached hydrogens (tertiary/aromatic N) is 1. The fourth-order valence-electron chi connectivity index (χ4n) is 1.26. The largest absolute Gasteiger partial charge is 0.294 e. The van der Waals surface area contributed by atoms with E-state index in [1.807, 2.05) is 0 Å². The lowest BCUT2D eigenvalue weighted by Crippen LogP contribution is -2.05. The Morgan fingerprint density at radius 3 is 2.50 bits per heavy atom. The van der Waals surface area contributed by atoms with Crippen LogP contribution in [0, 0.1) is 21.8 Å². The molecule has 0 spiro atoms. The van der Waals surface area contributed by atoms with E-state index in [9.17, 15) is 19.3 Å². The molecule has 4 nitrogen and oxygen atoms in total. The number of carbonyl (C=O) groups excluding carboxylic acids is 1. The van der Waals surface area contributed by atoms with Crippen molar-refractivity contribution in [2.24, 2.45) is 0 Å². The zero-order valence-corrected chi connectivity index (χ0v) is 8.99. The molecule has 0 saturated carbocycles. The van der Waals surface area contributed by atoms with Crippen molar-refractivity contribution in [1.29, 1.82) is 0 Å². The number of halogens is 1. The third kappa shape index (κ3) is 2.85. The van der Waals surface area contributed by atoms with Crippen LogP contribution >= 0.6 is 0 Å². The number of benzene rings is 1. The first kappa shape index (κ1) is 12.3. The van der Waals surface area contributed by atoms with Crippen LogP contribution in [0.1, 0.15) is 30.6 Å². The Kier molecular flexibility index (Phi) is 3.71. The molecule has 0 fully saturated rings. The Hall–Kier alpha value is -1.78. The van der Waals surface area contributed by atoms with Gasteiger partial charge in [-0.2, -0.15) is 0 Å². The number of hydrogen-bond acceptors (Lipinski definition) is 3. The van der Waals surface area contributed by atoms with Crippen molar-refractivity contribution in [1.82, 2.24) is 0 Å². The van der Waals surface area contributed by atoms with E-state index in [0.29, 0.717) is 0 Å². The van der Waals surface area contributed by atoms with Crippen LogP contribution in [-0.2, 0) is 0 Å². The monoisotopic (exact) mass is 224 g/mol. The van der Waals surface area contributed by atoms with Gasteiger partial charge in [-0.05, 0) is 12.0 Å². The Balaban J connectivity index is 2.99. The van der Waals surface area contributed by atoms with Gasteiger partial charge in [0.15, 0.2) is 5.78 Å². The van der Waals surface area contributed by atoms with Gasteiger partial charge in [-0.1, -0.05) is 13.8 Å². The second-order valence-corrected chi connectivity index (χ2v) is 3.73. The lowest BCUT2D eigenvalue weighted by Gasteiger charge is -2.04. The van der Waals surface area contributed by atoms with Gasteiger partial charge in [0.25, 0.3) is 5.69 Å². The molecule has 0 aliphatic carbocycles. The Labute approximate surface area is 92.2 Å². The van der Waals surface area contributed by atoms with Crippen molar-refractivity contribution in [2.75, 3.05) is 0 Å². The third-order valence-electron chi connectivity index (χ3n) is 1.98. The molecular formula is C11H11FNO3. The van der Waals surface area contributed by atoms with Crippen LogP contribution in [0.5, 0.6) is 0 Å². The number of rotatable bonds is 4. The predicted octanol–water partition coefficient (Wildman–Crippen LogP) is 2.92. The fourth-order valence-corrected chi connectivity index (χ4v) is 1.26. The van der Waals surface area contributed by atoms with Crippen molar-refractivity contribution >= 4 is 11.5 Å². The predicted molar refractivity (Wildman–Crippen MR) is 56.6 cm³/mol. The highest BCUT2D eigenvalue weighted by Gasteiger charge is 2.16. The highest BCUT2D eigenvalue weighted by Crippen LogP contribution is 2.19. The summed E-state index contributed by atoms with van der Waals surface area (Å²) in [5.41, 5.74) is -0.460. The van der Waals surface area contributed by atoms with Crippen LogP contribution in [0.15, 0.2) is 18.2 Å². The minimum atomic E-state index is -0.847. The molecule has 0 heterocycles. The summed E-state index contributed by atoms with van der Waals surface area (Å²) < 4.78 is 13.4. The minimum Gasteiger partial charge on any atom is -0.294 e. The lowest BCUT2D eigenvalue weighted by molar-refractivity contribution is -0.385. The van der Waals surface area contributed by atoms with E-state index in [2.05, 4.69) is 0 Å². The summed E-state index contributed by atoms with van der Waals surface area (Å²) in [6, 6.07) is 3.04. The van der Waals surface area contributed by atoms with Crippen LogP contribution in [0.2, 0.25) is 0 Å². The van der Waals surface area contributed by atoms with E-state index in [1.165, 1.54) is 0 Å². The standard InChI is InChI=1S/C11H11FNO3/c1-7(2)5-11(14)9-4-3-8(13(15)16)6-10(9)12/h3-4,6H,5H2,1-2H3. The summed E-state index contributed by atoms with van der Waals surface area (Å²) in [4.78, 5) is 21.2. The van der Waals surface area contributed by atoms with Crippen LogP contribution in [0.4, 0.5) is 10.1 Å². The van der Waals surface area contributed by atoms with Crippen LogP contribution in [0.25, 0.3) is 0 Å². The van der Waals surface area contributed by atoms with Gasteiger partial charge in [0.1, 0.15) is 5.82 Å². The van der Waals surface area contributed by atoms with E-state index < -0.39 is 10.7 Å². The number of hydrogen-bond donors (Lipinski definition) is 0. The maximum atomic E-state index is 13.4. The molecule has 0 unspecified atom stereocenters. The quantitative estimate of drug-likeness (QED) is 0.448. The molecule has 0 bridgehead atoms. The fraction of sp³-hybridized carbons (Fsp3) is 0.273. The molecule has 0 aliphatic rings. The Morgan fingerprint density at radius 2 is 2.06 bits per heavy atom. The maximum Gasteiger partial charge on any atom is 0.272 e. The highest BCUT2D eigenvalue weighted by atomic mass is 19.1. The molecule has 0 aromatic heterocycles. The molecule has 1 aromatic carbocycles. The molecule has 1 radical (unpaired) electrons. The highest BCUT2D eigenvalue weighted by molar-refractivity contribution is 5.97. The van der Waals surface area contributed by atoms with Crippen LogP contribution in [0.3, 0.4) is 0 Å². The normalized spacial score (nSPS) is 10.5. The molecule has 0 saturated heterocycles. The smallest absolute Gasteiger partial charge is 0.272 e. The summed E-state index contributed by atoms with van der Waals surface area (Å²) in [5.74, 6) is -0.351. The molecule has 16 heavy (non-hydrogen) atoms. The third-order valence-corrected chi connectivity index (χ3v) is 1.98. The van der Waals surface area contributed by atoms with Gasteiger partial charge >= 0.3 is 0 Å². The molecule has 1 rings (SSSR count). The molecule has 85 valence electrons. The van der Waals surface area contributed by atoms with Gasteiger partial charge in [0.05, 0.1) is 16.6 Å². The summed E-state index contributed by atoms with van der Waals surface area (Å²) >= 11 is 0. The first-order valence-corrected chi connectivity index (χ1v) is 4.68. The number of carbonyl (C=O) groups is 1. The molecule has 0 atom stereocenters. The average Bonchev–Trinajstić information content (AvgIpc) is 2.15. The van der Waals surface area contributed by atoms with Crippen molar-refractivity contribution in [3.05, 3.63) is 45.6 Å². The number of ketones is 1. The summed E-state index contributed by atoms with van der Waals surface area (Å²) in [5, 5.41) is 10.4. The lowest BCUT2D eigenvalue weighted by atomic mass is 10.0. The van der Waals surface area contributed by atoms with Crippen LogP contribution < -0.4 is 0 Å². The molecule has 0 amide bonds. The van der Waals surface area contributed by atoms with Gasteiger partial charge in [-0.25, -0.2) is 4.39 Å². The van der Waals surface area contributed by atoms with Crippen molar-refractivity contribution in [3.63, 3.8) is 0 Å². The van der Waals surface area contributed by atoms with E-state index >= 15 is 0 Å². The molecule has 5 heteroatoms. The number of Topliss-reactive ketones (excluding diaryl/α,β-unsaturated/α-hetero) is 1. The minimum absolute atomic E-state index is 0.105. The summed E-state index contributed by atoms with van der Waals surface area (Å²) in [6.07, 6.45) is 0.148. The van der Waals surface area contributed by atoms with E-state index in [1.54, 1.807) is 13.8 Å². The van der Waals surface area contributed by atoms with Crippen molar-refractivity contribution in [3.8, 4) is 0 Å². The Bertz CT molecular complexity index is 429. The summed E-state index contributed by atoms with van der Waals surface area (Å²) in [6.45, 7) is 3.53. The second kappa shape index (κ2) is 4.83. The first-order chi connectivity index (χ1) is 7.41. The van der Waals surface area contributed by atoms with Gasteiger partial charge in [0, 0.05) is 12.5 Å². The molecule has 1 aromatic rings. The second-order valence-electron chi connectivity index (χ2n) is 3.73. The number of nitro benzene ring substituents is 1. The Morgan fingerprint density at radius 1 is 1.44 bits per heavy atom. The topological polar surface area (TPSA) is 60.2 Å². The van der Waals surface area contributed by atoms with Gasteiger partial charge in [-0.3, -0.25) is 14.9 Å². The van der Waals surface area contributed by atoms with Gasteiger partial charge in [0.2, 0.25) is 0 Å². The average molecular weight is 224 g/mol.